The van der Waals surface area contributed by atoms with Crippen LogP contribution in [0.3, 0.4) is 0 Å². The number of nitrogens with one attached hydrogen (secondary N) is 2. The zero-order chi connectivity index (χ0) is 14.0. The first-order chi connectivity index (χ1) is 8.99. The largest absolute Gasteiger partial charge is 0.476 e. The number of H-pyrrole nitrogens is 1. The molecule has 0 fully saturated rings. The van der Waals surface area contributed by atoms with Gasteiger partial charge in [0.25, 0.3) is 0 Å². The van der Waals surface area contributed by atoms with E-state index in [9.17, 15) is 9.59 Å². The van der Waals surface area contributed by atoms with Gasteiger partial charge in [-0.2, -0.15) is 5.10 Å². The maximum Gasteiger partial charge on any atom is 0.356 e. The maximum atomic E-state index is 11.4. The lowest BCUT2D eigenvalue weighted by molar-refractivity contribution is 0.0687. The predicted molar refractivity (Wildman–Crippen MR) is 69.7 cm³/mol. The fourth-order valence-electron chi connectivity index (χ4n) is 1.53. The average Bonchev–Trinajstić information content (AvgIpc) is 2.97. The molecule has 100 valence electrons. The van der Waals surface area contributed by atoms with Crippen molar-refractivity contribution in [3.8, 4) is 0 Å². The van der Waals surface area contributed by atoms with Gasteiger partial charge < -0.3 is 10.4 Å². The summed E-state index contributed by atoms with van der Waals surface area (Å²) in [6.07, 6.45) is 3.39. The van der Waals surface area contributed by atoms with Crippen LogP contribution in [-0.2, 0) is 0 Å². The molecule has 2 aromatic rings. The molecule has 0 aliphatic carbocycles. The molecule has 0 aliphatic heterocycles. The smallest absolute Gasteiger partial charge is 0.356 e. The molecule has 0 aliphatic rings. The summed E-state index contributed by atoms with van der Waals surface area (Å²) in [4.78, 5) is 26.5. The summed E-state index contributed by atoms with van der Waals surface area (Å²) >= 11 is 1.04. The number of carbonyl (C=O) groups excluding carboxylic acids is 1. The number of hydrogen-bond acceptors (Lipinski definition) is 6. The van der Waals surface area contributed by atoms with Gasteiger partial charge in [0.2, 0.25) is 0 Å². The summed E-state index contributed by atoms with van der Waals surface area (Å²) in [6, 6.07) is -0.0913. The molecule has 0 saturated heterocycles. The third-order valence-electron chi connectivity index (χ3n) is 2.51. The van der Waals surface area contributed by atoms with E-state index in [0.29, 0.717) is 5.13 Å². The Bertz CT molecular complexity index is 574. The normalized spacial score (nSPS) is 12.1. The Morgan fingerprint density at radius 3 is 2.74 bits per heavy atom. The minimum Gasteiger partial charge on any atom is -0.476 e. The zero-order valence-corrected chi connectivity index (χ0v) is 11.1. The third-order valence-corrected chi connectivity index (χ3v) is 3.60. The average molecular weight is 280 g/mol. The second-order valence-corrected chi connectivity index (χ2v) is 4.95. The maximum absolute atomic E-state index is 11.4. The van der Waals surface area contributed by atoms with Gasteiger partial charge in [0.05, 0.1) is 12.2 Å². The number of thiazole rings is 1. The Labute approximate surface area is 112 Å². The van der Waals surface area contributed by atoms with Crippen LogP contribution in [0.5, 0.6) is 0 Å². The molecule has 2 rings (SSSR count). The van der Waals surface area contributed by atoms with E-state index in [1.54, 1.807) is 12.4 Å². The van der Waals surface area contributed by atoms with Gasteiger partial charge in [-0.05, 0) is 6.92 Å². The molecule has 19 heavy (non-hydrogen) atoms. The molecule has 7 nitrogen and oxygen atoms in total. The number of nitrogens with zero attached hydrogens (tertiary/aromatic N) is 2. The molecular weight excluding hydrogens is 268 g/mol. The van der Waals surface area contributed by atoms with Crippen LogP contribution in [-0.4, -0.2) is 32.0 Å². The first-order valence-corrected chi connectivity index (χ1v) is 6.31. The number of carboxylic acid groups (broad SMARTS) is 1. The van der Waals surface area contributed by atoms with Gasteiger partial charge in [0.15, 0.2) is 16.6 Å². The van der Waals surface area contributed by atoms with Crippen molar-refractivity contribution in [3.63, 3.8) is 0 Å². The topological polar surface area (TPSA) is 108 Å². The number of carboxylic acids is 1. The fraction of sp³-hybridized carbons (Fsp3) is 0.273. The number of aromatic carboxylic acids is 1. The van der Waals surface area contributed by atoms with Gasteiger partial charge in [-0.1, -0.05) is 11.3 Å². The van der Waals surface area contributed by atoms with Crippen LogP contribution >= 0.6 is 11.3 Å². The standard InChI is InChI=1S/C11H12N4O3S/c1-5(7-3-12-13-4-7)14-11-15-8(10(17)18)9(19-11)6(2)16/h3-5H,1-2H3,(H,12,13)(H,14,15)(H,17,18). The highest BCUT2D eigenvalue weighted by Crippen LogP contribution is 2.27. The Kier molecular flexibility index (Phi) is 3.61. The first-order valence-electron chi connectivity index (χ1n) is 5.49. The van der Waals surface area contributed by atoms with E-state index < -0.39 is 5.97 Å². The Balaban J connectivity index is 2.24. The minimum atomic E-state index is -1.20. The highest BCUT2D eigenvalue weighted by atomic mass is 32.1. The molecule has 0 saturated carbocycles. The molecule has 0 bridgehead atoms. The van der Waals surface area contributed by atoms with E-state index in [1.807, 2.05) is 6.92 Å². The predicted octanol–water partition coefficient (Wildman–Crippen LogP) is 1.94. The van der Waals surface area contributed by atoms with E-state index in [-0.39, 0.29) is 22.4 Å². The van der Waals surface area contributed by atoms with Gasteiger partial charge in [-0.15, -0.1) is 0 Å². The molecule has 3 N–H and O–H groups in total. The Morgan fingerprint density at radius 1 is 1.53 bits per heavy atom. The summed E-state index contributed by atoms with van der Waals surface area (Å²) < 4.78 is 0. The SMILES string of the molecule is CC(=O)c1sc(NC(C)c2cn[nH]c2)nc1C(=O)O. The van der Waals surface area contributed by atoms with Crippen LogP contribution in [0.2, 0.25) is 0 Å². The van der Waals surface area contributed by atoms with Gasteiger partial charge >= 0.3 is 5.97 Å². The number of ketones is 1. The molecule has 0 amide bonds. The number of aromatic nitrogens is 3. The van der Waals surface area contributed by atoms with Crippen LogP contribution in [0.4, 0.5) is 5.13 Å². The van der Waals surface area contributed by atoms with E-state index in [0.717, 1.165) is 16.9 Å². The second-order valence-electron chi connectivity index (χ2n) is 3.96. The highest BCUT2D eigenvalue weighted by Gasteiger charge is 2.21. The number of carbonyl (C=O) groups is 2. The van der Waals surface area contributed by atoms with Crippen LogP contribution in [0.1, 0.15) is 45.6 Å². The third kappa shape index (κ3) is 2.79. The Hall–Kier alpha value is -2.22. The number of rotatable bonds is 5. The quantitative estimate of drug-likeness (QED) is 0.722. The molecular formula is C11H12N4O3S. The van der Waals surface area contributed by atoms with Crippen molar-refractivity contribution in [2.45, 2.75) is 19.9 Å². The van der Waals surface area contributed by atoms with Gasteiger partial charge in [0.1, 0.15) is 4.88 Å². The monoisotopic (exact) mass is 280 g/mol. The number of hydrogen-bond donors (Lipinski definition) is 3. The number of aromatic amines is 1. The lowest BCUT2D eigenvalue weighted by Gasteiger charge is -2.09. The van der Waals surface area contributed by atoms with Crippen LogP contribution in [0.15, 0.2) is 12.4 Å². The van der Waals surface area contributed by atoms with Crippen molar-refractivity contribution in [3.05, 3.63) is 28.5 Å². The van der Waals surface area contributed by atoms with E-state index in [2.05, 4.69) is 20.5 Å². The first kappa shape index (κ1) is 13.2. The molecule has 2 aromatic heterocycles. The minimum absolute atomic E-state index is 0.0913. The summed E-state index contributed by atoms with van der Waals surface area (Å²) in [7, 11) is 0. The lowest BCUT2D eigenvalue weighted by Crippen LogP contribution is -2.06. The molecule has 2 heterocycles. The van der Waals surface area contributed by atoms with Crippen molar-refractivity contribution < 1.29 is 14.7 Å². The van der Waals surface area contributed by atoms with Crippen molar-refractivity contribution in [1.82, 2.24) is 15.2 Å². The summed E-state index contributed by atoms with van der Waals surface area (Å²) in [6.45, 7) is 3.21. The van der Waals surface area contributed by atoms with Crippen LogP contribution in [0, 0.1) is 0 Å². The fourth-order valence-corrected chi connectivity index (χ4v) is 2.47. The zero-order valence-electron chi connectivity index (χ0n) is 10.3. The highest BCUT2D eigenvalue weighted by molar-refractivity contribution is 7.17. The van der Waals surface area contributed by atoms with Gasteiger partial charge in [0, 0.05) is 18.7 Å². The van der Waals surface area contributed by atoms with Crippen LogP contribution < -0.4 is 5.32 Å². The second kappa shape index (κ2) is 5.19. The summed E-state index contributed by atoms with van der Waals surface area (Å²) in [5.41, 5.74) is 0.704. The molecule has 0 aromatic carbocycles. The van der Waals surface area contributed by atoms with E-state index in [4.69, 9.17) is 5.11 Å². The lowest BCUT2D eigenvalue weighted by atomic mass is 10.2. The van der Waals surface area contributed by atoms with Crippen molar-refractivity contribution in [2.24, 2.45) is 0 Å². The van der Waals surface area contributed by atoms with Crippen molar-refractivity contribution in [1.29, 1.82) is 0 Å². The molecule has 0 radical (unpaired) electrons. The Morgan fingerprint density at radius 2 is 2.26 bits per heavy atom. The van der Waals surface area contributed by atoms with E-state index >= 15 is 0 Å². The molecule has 1 atom stereocenters. The van der Waals surface area contributed by atoms with Crippen molar-refractivity contribution in [2.75, 3.05) is 5.32 Å². The molecule has 0 spiro atoms. The summed E-state index contributed by atoms with van der Waals surface area (Å²) in [5, 5.41) is 19.0. The molecule has 1 unspecified atom stereocenters. The van der Waals surface area contributed by atoms with Gasteiger partial charge in [-0.3, -0.25) is 9.89 Å². The van der Waals surface area contributed by atoms with Crippen LogP contribution in [0.25, 0.3) is 0 Å². The number of anilines is 1. The number of Topliss-reactive ketones (excluding diaryl/α,β-unsaturated/α-hetero) is 1. The van der Waals surface area contributed by atoms with Gasteiger partial charge in [-0.25, -0.2) is 9.78 Å². The van der Waals surface area contributed by atoms with Crippen molar-refractivity contribution >= 4 is 28.2 Å². The molecule has 8 heteroatoms. The van der Waals surface area contributed by atoms with E-state index in [1.165, 1.54) is 6.92 Å². The summed E-state index contributed by atoms with van der Waals surface area (Å²) in [5.74, 6) is -1.51.